The number of halogens is 1. The van der Waals surface area contributed by atoms with Gasteiger partial charge in [-0.05, 0) is 45.1 Å². The Labute approximate surface area is 187 Å². The van der Waals surface area contributed by atoms with Crippen LogP contribution in [-0.4, -0.2) is 58.1 Å². The summed E-state index contributed by atoms with van der Waals surface area (Å²) in [6, 6.07) is 10.7. The lowest BCUT2D eigenvalue weighted by atomic mass is 9.79. The highest BCUT2D eigenvalue weighted by atomic mass is 35.5. The minimum absolute atomic E-state index is 0.0563. The summed E-state index contributed by atoms with van der Waals surface area (Å²) in [5.41, 5.74) is 0.202. The summed E-state index contributed by atoms with van der Waals surface area (Å²) in [5, 5.41) is 11.3. The molecule has 1 saturated heterocycles. The molecule has 0 aromatic heterocycles. The van der Waals surface area contributed by atoms with Crippen molar-refractivity contribution in [2.24, 2.45) is 5.92 Å². The second-order valence-corrected chi connectivity index (χ2v) is 10.2. The number of carbonyl (C=O) groups is 1. The fourth-order valence-corrected chi connectivity index (χ4v) is 5.56. The van der Waals surface area contributed by atoms with Crippen LogP contribution >= 0.6 is 11.6 Å². The maximum absolute atomic E-state index is 13.5. The number of nitrogens with zero attached hydrogens (tertiary/aromatic N) is 2. The van der Waals surface area contributed by atoms with Gasteiger partial charge in [0.15, 0.2) is 0 Å². The van der Waals surface area contributed by atoms with E-state index in [0.29, 0.717) is 18.9 Å². The molecule has 2 unspecified atom stereocenters. The zero-order valence-electron chi connectivity index (χ0n) is 18.9. The van der Waals surface area contributed by atoms with Crippen LogP contribution in [0.25, 0.3) is 0 Å². The van der Waals surface area contributed by atoms with Crippen molar-refractivity contribution in [1.82, 2.24) is 9.80 Å². The summed E-state index contributed by atoms with van der Waals surface area (Å²) in [4.78, 5) is 17.9. The van der Waals surface area contributed by atoms with Gasteiger partial charge in [0.05, 0.1) is 16.9 Å². The molecular weight excluding hydrogens is 396 g/mol. The molecule has 2 fully saturated rings. The second-order valence-electron chi connectivity index (χ2n) is 9.64. The lowest BCUT2D eigenvalue weighted by Crippen LogP contribution is -2.56. The van der Waals surface area contributed by atoms with Crippen molar-refractivity contribution in [2.75, 3.05) is 19.6 Å². The Balaban J connectivity index is 1.58. The predicted molar refractivity (Wildman–Crippen MR) is 124 cm³/mol. The SMILES string of the molecule is CC(C)N(C(=O)C(C)C1(O)CCN(CC(Cl)c2ccccc2)CC1)C1CCCCC1. The van der Waals surface area contributed by atoms with Crippen LogP contribution < -0.4 is 0 Å². The largest absolute Gasteiger partial charge is 0.389 e. The van der Waals surface area contributed by atoms with Gasteiger partial charge in [-0.25, -0.2) is 0 Å². The van der Waals surface area contributed by atoms with E-state index >= 15 is 0 Å². The maximum atomic E-state index is 13.5. The molecule has 0 radical (unpaired) electrons. The fourth-order valence-electron chi connectivity index (χ4n) is 5.22. The van der Waals surface area contributed by atoms with E-state index in [-0.39, 0.29) is 23.2 Å². The van der Waals surface area contributed by atoms with Gasteiger partial charge >= 0.3 is 0 Å². The monoisotopic (exact) mass is 434 g/mol. The number of amides is 1. The van der Waals surface area contributed by atoms with Crippen molar-refractivity contribution in [2.45, 2.75) is 88.8 Å². The van der Waals surface area contributed by atoms with Gasteiger partial charge in [-0.1, -0.05) is 56.5 Å². The van der Waals surface area contributed by atoms with Gasteiger partial charge in [0.2, 0.25) is 5.91 Å². The van der Waals surface area contributed by atoms with Gasteiger partial charge in [0.25, 0.3) is 0 Å². The number of aliphatic hydroxyl groups is 1. The van der Waals surface area contributed by atoms with E-state index < -0.39 is 5.60 Å². The molecule has 2 atom stereocenters. The van der Waals surface area contributed by atoms with Gasteiger partial charge in [0.1, 0.15) is 0 Å². The number of piperidine rings is 1. The van der Waals surface area contributed by atoms with Crippen molar-refractivity contribution in [1.29, 1.82) is 0 Å². The first-order valence-corrected chi connectivity index (χ1v) is 12.2. The normalized spacial score (nSPS) is 22.6. The van der Waals surface area contributed by atoms with Gasteiger partial charge < -0.3 is 14.9 Å². The minimum Gasteiger partial charge on any atom is -0.389 e. The van der Waals surface area contributed by atoms with Crippen LogP contribution in [0.2, 0.25) is 0 Å². The molecule has 1 amide bonds. The number of hydrogen-bond acceptors (Lipinski definition) is 3. The topological polar surface area (TPSA) is 43.8 Å². The number of rotatable bonds is 7. The molecule has 2 aliphatic rings. The Bertz CT molecular complexity index is 667. The van der Waals surface area contributed by atoms with Crippen LogP contribution in [0.1, 0.15) is 76.7 Å². The van der Waals surface area contributed by atoms with Crippen LogP contribution in [-0.2, 0) is 4.79 Å². The van der Waals surface area contributed by atoms with E-state index in [1.807, 2.05) is 25.1 Å². The summed E-state index contributed by atoms with van der Waals surface area (Å²) in [6.07, 6.45) is 7.12. The smallest absolute Gasteiger partial charge is 0.228 e. The minimum atomic E-state index is -0.927. The van der Waals surface area contributed by atoms with Crippen molar-refractivity contribution in [3.05, 3.63) is 35.9 Å². The molecule has 0 spiro atoms. The van der Waals surface area contributed by atoms with Crippen LogP contribution in [0.4, 0.5) is 0 Å². The molecule has 1 aliphatic carbocycles. The summed E-state index contributed by atoms with van der Waals surface area (Å²) in [7, 11) is 0. The Kier molecular flexibility index (Phi) is 8.23. The first-order valence-electron chi connectivity index (χ1n) is 11.8. The number of carbonyl (C=O) groups excluding carboxylic acids is 1. The van der Waals surface area contributed by atoms with E-state index in [1.54, 1.807) is 0 Å². The first kappa shape index (κ1) is 23.6. The van der Waals surface area contributed by atoms with Crippen LogP contribution in [0, 0.1) is 5.92 Å². The lowest BCUT2D eigenvalue weighted by Gasteiger charge is -2.45. The highest BCUT2D eigenvalue weighted by molar-refractivity contribution is 6.21. The van der Waals surface area contributed by atoms with E-state index in [4.69, 9.17) is 11.6 Å². The molecule has 1 aromatic carbocycles. The number of likely N-dealkylation sites (tertiary alicyclic amines) is 1. The first-order chi connectivity index (χ1) is 14.3. The maximum Gasteiger partial charge on any atom is 0.228 e. The zero-order chi connectivity index (χ0) is 21.7. The van der Waals surface area contributed by atoms with E-state index in [9.17, 15) is 9.90 Å². The Morgan fingerprint density at radius 1 is 1.13 bits per heavy atom. The molecule has 3 rings (SSSR count). The van der Waals surface area contributed by atoms with E-state index in [0.717, 1.165) is 38.0 Å². The average Bonchev–Trinajstić information content (AvgIpc) is 2.76. The number of benzene rings is 1. The molecule has 5 heteroatoms. The lowest BCUT2D eigenvalue weighted by molar-refractivity contribution is -0.153. The molecule has 168 valence electrons. The third-order valence-corrected chi connectivity index (χ3v) is 7.65. The van der Waals surface area contributed by atoms with Gasteiger partial charge in [-0.2, -0.15) is 0 Å². The second kappa shape index (κ2) is 10.5. The fraction of sp³-hybridized carbons (Fsp3) is 0.720. The summed E-state index contributed by atoms with van der Waals surface area (Å²) >= 11 is 6.62. The summed E-state index contributed by atoms with van der Waals surface area (Å²) in [6.45, 7) is 8.46. The van der Waals surface area contributed by atoms with Crippen molar-refractivity contribution in [3.63, 3.8) is 0 Å². The quantitative estimate of drug-likeness (QED) is 0.614. The van der Waals surface area contributed by atoms with Crippen molar-refractivity contribution < 1.29 is 9.90 Å². The molecular formula is C25H39ClN2O2. The van der Waals surface area contributed by atoms with Crippen molar-refractivity contribution >= 4 is 17.5 Å². The highest BCUT2D eigenvalue weighted by Gasteiger charge is 2.44. The van der Waals surface area contributed by atoms with Gasteiger partial charge in [0, 0.05) is 31.7 Å². The molecule has 1 saturated carbocycles. The molecule has 30 heavy (non-hydrogen) atoms. The van der Waals surface area contributed by atoms with Crippen molar-refractivity contribution in [3.8, 4) is 0 Å². The summed E-state index contributed by atoms with van der Waals surface area (Å²) in [5.74, 6) is -0.239. The predicted octanol–water partition coefficient (Wildman–Crippen LogP) is 5.00. The molecule has 4 nitrogen and oxygen atoms in total. The number of hydrogen-bond donors (Lipinski definition) is 1. The number of alkyl halides is 1. The van der Waals surface area contributed by atoms with E-state index in [2.05, 4.69) is 35.8 Å². The van der Waals surface area contributed by atoms with Gasteiger partial charge in [-0.3, -0.25) is 4.79 Å². The van der Waals surface area contributed by atoms with E-state index in [1.165, 1.54) is 19.3 Å². The Morgan fingerprint density at radius 3 is 2.30 bits per heavy atom. The Hall–Kier alpha value is -1.10. The summed E-state index contributed by atoms with van der Waals surface area (Å²) < 4.78 is 0. The standard InChI is InChI=1S/C25H39ClN2O2/c1-19(2)28(22-12-8-5-9-13-22)24(29)20(3)25(30)14-16-27(17-15-25)18-23(26)21-10-6-4-7-11-21/h4,6-7,10-11,19-20,22-23,30H,5,8-9,12-18H2,1-3H3. The van der Waals surface area contributed by atoms with Crippen LogP contribution in [0.3, 0.4) is 0 Å². The van der Waals surface area contributed by atoms with Crippen LogP contribution in [0.15, 0.2) is 30.3 Å². The molecule has 1 aromatic rings. The zero-order valence-corrected chi connectivity index (χ0v) is 19.7. The average molecular weight is 435 g/mol. The third-order valence-electron chi connectivity index (χ3n) is 7.26. The Morgan fingerprint density at radius 2 is 1.73 bits per heavy atom. The van der Waals surface area contributed by atoms with Gasteiger partial charge in [-0.15, -0.1) is 11.6 Å². The highest BCUT2D eigenvalue weighted by Crippen LogP contribution is 2.35. The third kappa shape index (κ3) is 5.57. The molecule has 1 N–H and O–H groups in total. The molecule has 1 heterocycles. The molecule has 1 aliphatic heterocycles. The van der Waals surface area contributed by atoms with Crippen LogP contribution in [0.5, 0.6) is 0 Å². The molecule has 0 bridgehead atoms.